The van der Waals surface area contributed by atoms with Crippen molar-refractivity contribution in [2.45, 2.75) is 31.6 Å². The van der Waals surface area contributed by atoms with Crippen molar-refractivity contribution in [1.82, 2.24) is 24.3 Å². The number of pyridine rings is 1. The molecule has 0 bridgehead atoms. The van der Waals surface area contributed by atoms with Crippen LogP contribution in [0.25, 0.3) is 16.8 Å². The van der Waals surface area contributed by atoms with E-state index in [1.54, 1.807) is 19.3 Å². The summed E-state index contributed by atoms with van der Waals surface area (Å²) >= 11 is 0. The first-order chi connectivity index (χ1) is 18.0. The number of nitrogens with zero attached hydrogens (tertiary/aromatic N) is 5. The zero-order valence-electron chi connectivity index (χ0n) is 20.5. The van der Waals surface area contributed by atoms with E-state index in [2.05, 4.69) is 21.8 Å². The molecule has 8 heteroatoms. The zero-order valence-corrected chi connectivity index (χ0v) is 20.5. The lowest BCUT2D eigenvalue weighted by Crippen LogP contribution is -2.45. The molecule has 6 rings (SSSR count). The van der Waals surface area contributed by atoms with Crippen molar-refractivity contribution in [2.24, 2.45) is 5.92 Å². The second-order valence-electron chi connectivity index (χ2n) is 9.77. The van der Waals surface area contributed by atoms with Crippen LogP contribution in [0.1, 0.15) is 41.6 Å². The molecule has 4 aromatic rings. The highest BCUT2D eigenvalue weighted by molar-refractivity contribution is 5.98. The standard InChI is InChI=1S/C29H26N6O2/c1-2-5-24(37)34-17-21-11-12-29(21,18-34)28-33-25(26-27(30)32-14-15-35(26)28)20-9-7-19(8-10-20)23(36)16-22-6-3-4-13-31-22/h3-4,6-10,13-15,21H,11-12,16-18H2,1H3,(H2,30,32). The van der Waals surface area contributed by atoms with Gasteiger partial charge in [-0.15, -0.1) is 0 Å². The Kier molecular flexibility index (Phi) is 5.49. The van der Waals surface area contributed by atoms with E-state index in [-0.39, 0.29) is 23.5 Å². The summed E-state index contributed by atoms with van der Waals surface area (Å²) in [5.74, 6) is 6.89. The quantitative estimate of drug-likeness (QED) is 0.340. The van der Waals surface area contributed by atoms with Crippen LogP contribution >= 0.6 is 0 Å². The number of rotatable bonds is 5. The summed E-state index contributed by atoms with van der Waals surface area (Å²) in [5, 5.41) is 0. The summed E-state index contributed by atoms with van der Waals surface area (Å²) < 4.78 is 2.03. The number of carbonyl (C=O) groups is 2. The minimum absolute atomic E-state index is 0.00362. The van der Waals surface area contributed by atoms with Crippen molar-refractivity contribution < 1.29 is 9.59 Å². The van der Waals surface area contributed by atoms with Gasteiger partial charge in [0.05, 0.1) is 11.8 Å². The van der Waals surface area contributed by atoms with Crippen molar-refractivity contribution in [3.63, 3.8) is 0 Å². The molecule has 1 aromatic carbocycles. The number of nitrogen functional groups attached to an aromatic ring is 1. The molecular formula is C29H26N6O2. The summed E-state index contributed by atoms with van der Waals surface area (Å²) in [7, 11) is 0. The number of hydrogen-bond donors (Lipinski definition) is 1. The molecule has 3 aromatic heterocycles. The van der Waals surface area contributed by atoms with Crippen molar-refractivity contribution in [2.75, 3.05) is 18.8 Å². The van der Waals surface area contributed by atoms with Crippen LogP contribution in [0.3, 0.4) is 0 Å². The second kappa shape index (κ2) is 8.86. The topological polar surface area (TPSA) is 106 Å². The minimum atomic E-state index is -0.237. The minimum Gasteiger partial charge on any atom is -0.382 e. The maximum Gasteiger partial charge on any atom is 0.298 e. The Labute approximate surface area is 214 Å². The maximum atomic E-state index is 12.8. The van der Waals surface area contributed by atoms with Gasteiger partial charge in [0.25, 0.3) is 5.91 Å². The SMILES string of the molecule is CC#CC(=O)N1CC2CCC2(c2nc(-c3ccc(C(=O)Cc4ccccn4)cc3)c3c(N)nccn23)C1. The summed E-state index contributed by atoms with van der Waals surface area (Å²) in [6.45, 7) is 2.96. The molecule has 1 amide bonds. The highest BCUT2D eigenvalue weighted by atomic mass is 16.2. The number of hydrogen-bond acceptors (Lipinski definition) is 6. The van der Waals surface area contributed by atoms with Gasteiger partial charge in [-0.1, -0.05) is 36.3 Å². The Morgan fingerprint density at radius 3 is 2.68 bits per heavy atom. The Morgan fingerprint density at radius 2 is 1.97 bits per heavy atom. The van der Waals surface area contributed by atoms with Gasteiger partial charge in [0, 0.05) is 48.5 Å². The molecule has 8 nitrogen and oxygen atoms in total. The van der Waals surface area contributed by atoms with Crippen LogP contribution in [-0.2, 0) is 16.6 Å². The van der Waals surface area contributed by atoms with Gasteiger partial charge in [-0.05, 0) is 43.7 Å². The van der Waals surface area contributed by atoms with E-state index in [0.717, 1.165) is 41.1 Å². The van der Waals surface area contributed by atoms with Crippen molar-refractivity contribution >= 4 is 23.0 Å². The van der Waals surface area contributed by atoms with Crippen LogP contribution < -0.4 is 5.73 Å². The van der Waals surface area contributed by atoms with Gasteiger partial charge in [0.15, 0.2) is 5.78 Å². The molecule has 1 aliphatic heterocycles. The summed E-state index contributed by atoms with van der Waals surface area (Å²) in [4.78, 5) is 40.9. The third-order valence-electron chi connectivity index (χ3n) is 7.73. The number of ketones is 1. The van der Waals surface area contributed by atoms with Crippen LogP contribution in [0.15, 0.2) is 61.1 Å². The normalized spacial score (nSPS) is 20.1. The first-order valence-corrected chi connectivity index (χ1v) is 12.4. The molecule has 0 radical (unpaired) electrons. The summed E-state index contributed by atoms with van der Waals surface area (Å²) in [5.41, 5.74) is 9.80. The Bertz CT molecular complexity index is 1580. The Balaban J connectivity index is 1.36. The zero-order chi connectivity index (χ0) is 25.6. The molecule has 2 unspecified atom stereocenters. The van der Waals surface area contributed by atoms with E-state index in [9.17, 15) is 9.59 Å². The van der Waals surface area contributed by atoms with Crippen LogP contribution in [0, 0.1) is 17.8 Å². The predicted octanol–water partition coefficient (Wildman–Crippen LogP) is 3.31. The molecule has 2 N–H and O–H groups in total. The molecule has 37 heavy (non-hydrogen) atoms. The smallest absolute Gasteiger partial charge is 0.298 e. The molecule has 1 saturated heterocycles. The molecule has 2 atom stereocenters. The van der Waals surface area contributed by atoms with Crippen LogP contribution in [0.4, 0.5) is 5.82 Å². The fourth-order valence-corrected chi connectivity index (χ4v) is 5.75. The molecule has 0 spiro atoms. The molecule has 2 fully saturated rings. The maximum absolute atomic E-state index is 12.8. The van der Waals surface area contributed by atoms with Crippen LogP contribution in [-0.4, -0.2) is 49.0 Å². The molecule has 2 aliphatic rings. The molecule has 184 valence electrons. The summed E-state index contributed by atoms with van der Waals surface area (Å²) in [6, 6.07) is 13.0. The Morgan fingerprint density at radius 1 is 1.14 bits per heavy atom. The summed E-state index contributed by atoms with van der Waals surface area (Å²) in [6.07, 6.45) is 7.50. The van der Waals surface area contributed by atoms with E-state index in [1.165, 1.54) is 0 Å². The van der Waals surface area contributed by atoms with Gasteiger partial charge in [0.2, 0.25) is 0 Å². The lowest BCUT2D eigenvalue weighted by Gasteiger charge is -2.42. The average molecular weight is 491 g/mol. The fourth-order valence-electron chi connectivity index (χ4n) is 5.75. The molecular weight excluding hydrogens is 464 g/mol. The number of amides is 1. The lowest BCUT2D eigenvalue weighted by molar-refractivity contribution is -0.124. The lowest BCUT2D eigenvalue weighted by atomic mass is 9.61. The van der Waals surface area contributed by atoms with Gasteiger partial charge < -0.3 is 10.6 Å². The predicted molar refractivity (Wildman–Crippen MR) is 140 cm³/mol. The number of aromatic nitrogens is 4. The van der Waals surface area contributed by atoms with Gasteiger partial charge in [-0.3, -0.25) is 19.0 Å². The van der Waals surface area contributed by atoms with E-state index in [1.807, 2.05) is 58.0 Å². The van der Waals surface area contributed by atoms with Crippen molar-refractivity contribution in [1.29, 1.82) is 0 Å². The van der Waals surface area contributed by atoms with Crippen molar-refractivity contribution in [3.05, 3.63) is 78.1 Å². The third-order valence-corrected chi connectivity index (χ3v) is 7.73. The van der Waals surface area contributed by atoms with Gasteiger partial charge in [-0.25, -0.2) is 9.97 Å². The van der Waals surface area contributed by atoms with Gasteiger partial charge in [0.1, 0.15) is 22.9 Å². The number of imidazole rings is 1. The first-order valence-electron chi connectivity index (χ1n) is 12.4. The second-order valence-corrected chi connectivity index (χ2v) is 9.77. The number of likely N-dealkylation sites (tertiary alicyclic amines) is 1. The number of fused-ring (bicyclic) bond motifs is 2. The van der Waals surface area contributed by atoms with Gasteiger partial charge in [-0.2, -0.15) is 0 Å². The van der Waals surface area contributed by atoms with E-state index < -0.39 is 0 Å². The molecule has 4 heterocycles. The van der Waals surface area contributed by atoms with Crippen LogP contribution in [0.2, 0.25) is 0 Å². The number of carbonyl (C=O) groups excluding carboxylic acids is 2. The fraction of sp³-hybridized carbons (Fsp3) is 0.276. The van der Waals surface area contributed by atoms with Crippen molar-refractivity contribution in [3.8, 4) is 23.1 Å². The number of benzene rings is 1. The third kappa shape index (κ3) is 3.75. The van der Waals surface area contributed by atoms with E-state index in [4.69, 9.17) is 10.7 Å². The number of anilines is 1. The average Bonchev–Trinajstić information content (AvgIpc) is 3.41. The highest BCUT2D eigenvalue weighted by Crippen LogP contribution is 2.53. The van der Waals surface area contributed by atoms with E-state index in [0.29, 0.717) is 30.4 Å². The number of nitrogens with two attached hydrogens (primary N) is 1. The molecule has 1 aliphatic carbocycles. The molecule has 1 saturated carbocycles. The van der Waals surface area contributed by atoms with E-state index >= 15 is 0 Å². The number of Topliss-reactive ketones (excluding diaryl/α,β-unsaturated/α-hetero) is 1. The van der Waals surface area contributed by atoms with Gasteiger partial charge >= 0.3 is 0 Å². The highest BCUT2D eigenvalue weighted by Gasteiger charge is 2.57. The first kappa shape index (κ1) is 22.9. The largest absolute Gasteiger partial charge is 0.382 e. The Hall–Kier alpha value is -4.51. The monoisotopic (exact) mass is 490 g/mol. The van der Waals surface area contributed by atoms with Crippen LogP contribution in [0.5, 0.6) is 0 Å².